The lowest BCUT2D eigenvalue weighted by atomic mass is 9.76. The molecule has 0 aromatic carbocycles. The highest BCUT2D eigenvalue weighted by molar-refractivity contribution is 5.03. The van der Waals surface area contributed by atoms with E-state index in [-0.39, 0.29) is 11.0 Å². The Morgan fingerprint density at radius 3 is 2.42 bits per heavy atom. The standard InChI is InChI=1S/C16H25NO2/c17-13-15(8-10-18-11-9-15)12-14-4-7-16(19-14)5-2-1-3-6-16/h14H,1-12H2. The Kier molecular flexibility index (Phi) is 3.82. The molecule has 0 bridgehead atoms. The number of ether oxygens (including phenoxy) is 2. The first-order valence-electron chi connectivity index (χ1n) is 7.93. The highest BCUT2D eigenvalue weighted by Gasteiger charge is 2.44. The zero-order valence-electron chi connectivity index (χ0n) is 11.8. The Morgan fingerprint density at radius 2 is 1.74 bits per heavy atom. The van der Waals surface area contributed by atoms with Gasteiger partial charge in [-0.05, 0) is 44.9 Å². The predicted octanol–water partition coefficient (Wildman–Crippen LogP) is 3.58. The smallest absolute Gasteiger partial charge is 0.0692 e. The minimum absolute atomic E-state index is 0.177. The van der Waals surface area contributed by atoms with Crippen LogP contribution in [0.4, 0.5) is 0 Å². The predicted molar refractivity (Wildman–Crippen MR) is 72.6 cm³/mol. The molecule has 0 aromatic heterocycles. The van der Waals surface area contributed by atoms with Crippen molar-refractivity contribution in [2.24, 2.45) is 5.41 Å². The summed E-state index contributed by atoms with van der Waals surface area (Å²) in [5.41, 5.74) is 0.00778. The summed E-state index contributed by atoms with van der Waals surface area (Å²) >= 11 is 0. The molecular weight excluding hydrogens is 238 g/mol. The number of rotatable bonds is 2. The number of nitriles is 1. The molecule has 0 radical (unpaired) electrons. The maximum Gasteiger partial charge on any atom is 0.0692 e. The van der Waals surface area contributed by atoms with E-state index < -0.39 is 0 Å². The SMILES string of the molecule is N#CC1(CC2CCC3(CCCCC3)O2)CCOCC1. The number of hydrogen-bond donors (Lipinski definition) is 0. The van der Waals surface area contributed by atoms with Crippen LogP contribution < -0.4 is 0 Å². The Hall–Kier alpha value is -0.590. The highest BCUT2D eigenvalue weighted by Crippen LogP contribution is 2.46. The largest absolute Gasteiger partial charge is 0.381 e. The molecule has 1 atom stereocenters. The second kappa shape index (κ2) is 5.42. The van der Waals surface area contributed by atoms with E-state index >= 15 is 0 Å². The average Bonchev–Trinajstić information content (AvgIpc) is 2.83. The molecule has 0 N–H and O–H groups in total. The molecule has 3 heteroatoms. The molecule has 0 amide bonds. The topological polar surface area (TPSA) is 42.2 Å². The van der Waals surface area contributed by atoms with Crippen molar-refractivity contribution in [2.75, 3.05) is 13.2 Å². The monoisotopic (exact) mass is 263 g/mol. The first kappa shape index (κ1) is 13.4. The first-order valence-corrected chi connectivity index (χ1v) is 7.93. The van der Waals surface area contributed by atoms with Crippen molar-refractivity contribution < 1.29 is 9.47 Å². The molecule has 3 fully saturated rings. The van der Waals surface area contributed by atoms with Gasteiger partial charge in [0.15, 0.2) is 0 Å². The lowest BCUT2D eigenvalue weighted by Gasteiger charge is -2.36. The van der Waals surface area contributed by atoms with Gasteiger partial charge >= 0.3 is 0 Å². The van der Waals surface area contributed by atoms with Crippen LogP contribution in [0.2, 0.25) is 0 Å². The first-order chi connectivity index (χ1) is 9.26. The van der Waals surface area contributed by atoms with Crippen molar-refractivity contribution in [3.05, 3.63) is 0 Å². The minimum Gasteiger partial charge on any atom is -0.381 e. The molecule has 2 aliphatic heterocycles. The maximum absolute atomic E-state index is 9.54. The fourth-order valence-corrected chi connectivity index (χ4v) is 4.16. The van der Waals surface area contributed by atoms with Crippen LogP contribution in [-0.2, 0) is 9.47 Å². The Bertz CT molecular complexity index is 348. The normalized spacial score (nSPS) is 33.1. The van der Waals surface area contributed by atoms with Gasteiger partial charge in [0.25, 0.3) is 0 Å². The summed E-state index contributed by atoms with van der Waals surface area (Å²) < 4.78 is 11.8. The summed E-state index contributed by atoms with van der Waals surface area (Å²) in [6, 6.07) is 2.58. The second-order valence-electron chi connectivity index (χ2n) is 6.73. The van der Waals surface area contributed by atoms with Crippen molar-refractivity contribution >= 4 is 0 Å². The molecule has 1 aliphatic carbocycles. The molecule has 3 nitrogen and oxygen atoms in total. The minimum atomic E-state index is -0.177. The van der Waals surface area contributed by atoms with Crippen LogP contribution in [-0.4, -0.2) is 24.9 Å². The van der Waals surface area contributed by atoms with Crippen molar-refractivity contribution in [2.45, 2.75) is 75.9 Å². The zero-order valence-corrected chi connectivity index (χ0v) is 11.8. The Morgan fingerprint density at radius 1 is 1.00 bits per heavy atom. The summed E-state index contributed by atoms with van der Waals surface area (Å²) in [6.07, 6.45) is 11.9. The molecule has 1 saturated carbocycles. The van der Waals surface area contributed by atoms with Gasteiger partial charge in [-0.15, -0.1) is 0 Å². The van der Waals surface area contributed by atoms with Crippen molar-refractivity contribution in [1.29, 1.82) is 5.26 Å². The highest BCUT2D eigenvalue weighted by atomic mass is 16.5. The third-order valence-corrected chi connectivity index (χ3v) is 5.41. The third kappa shape index (κ3) is 2.80. The van der Waals surface area contributed by atoms with Crippen LogP contribution >= 0.6 is 0 Å². The van der Waals surface area contributed by atoms with Gasteiger partial charge < -0.3 is 9.47 Å². The molecule has 19 heavy (non-hydrogen) atoms. The third-order valence-electron chi connectivity index (χ3n) is 5.41. The lowest BCUT2D eigenvalue weighted by Crippen LogP contribution is -2.35. The van der Waals surface area contributed by atoms with Crippen LogP contribution in [0.25, 0.3) is 0 Å². The molecule has 2 heterocycles. The zero-order chi connectivity index (χ0) is 13.2. The van der Waals surface area contributed by atoms with Crippen LogP contribution in [0.1, 0.15) is 64.2 Å². The van der Waals surface area contributed by atoms with Gasteiger partial charge in [0.1, 0.15) is 0 Å². The molecular formula is C16H25NO2. The van der Waals surface area contributed by atoms with Crippen molar-refractivity contribution in [3.8, 4) is 6.07 Å². The van der Waals surface area contributed by atoms with Gasteiger partial charge in [-0.25, -0.2) is 0 Å². The summed E-state index contributed by atoms with van der Waals surface area (Å²) in [6.45, 7) is 1.48. The fourth-order valence-electron chi connectivity index (χ4n) is 4.16. The van der Waals surface area contributed by atoms with E-state index in [0.29, 0.717) is 6.10 Å². The Balaban J connectivity index is 1.60. The number of nitrogens with zero attached hydrogens (tertiary/aromatic N) is 1. The van der Waals surface area contributed by atoms with E-state index in [4.69, 9.17) is 9.47 Å². The van der Waals surface area contributed by atoms with Crippen molar-refractivity contribution in [3.63, 3.8) is 0 Å². The quantitative estimate of drug-likeness (QED) is 0.764. The lowest BCUT2D eigenvalue weighted by molar-refractivity contribution is -0.0807. The second-order valence-corrected chi connectivity index (χ2v) is 6.73. The molecule has 1 unspecified atom stereocenters. The summed E-state index contributed by atoms with van der Waals surface area (Å²) in [5.74, 6) is 0. The summed E-state index contributed by atoms with van der Waals surface area (Å²) in [5, 5.41) is 9.54. The molecule has 3 rings (SSSR count). The van der Waals surface area contributed by atoms with Crippen LogP contribution in [0.15, 0.2) is 0 Å². The summed E-state index contributed by atoms with van der Waals surface area (Å²) in [4.78, 5) is 0. The van der Waals surface area contributed by atoms with E-state index in [0.717, 1.165) is 38.9 Å². The maximum atomic E-state index is 9.54. The van der Waals surface area contributed by atoms with Gasteiger partial charge in [-0.3, -0.25) is 0 Å². The molecule has 0 aromatic rings. The average molecular weight is 263 g/mol. The van der Waals surface area contributed by atoms with Gasteiger partial charge in [-0.2, -0.15) is 5.26 Å². The fraction of sp³-hybridized carbons (Fsp3) is 0.938. The van der Waals surface area contributed by atoms with Crippen LogP contribution in [0.5, 0.6) is 0 Å². The van der Waals surface area contributed by atoms with E-state index in [9.17, 15) is 5.26 Å². The molecule has 106 valence electrons. The molecule has 2 saturated heterocycles. The van der Waals surface area contributed by atoms with E-state index in [1.165, 1.54) is 38.5 Å². The van der Waals surface area contributed by atoms with Gasteiger partial charge in [0, 0.05) is 13.2 Å². The number of hydrogen-bond acceptors (Lipinski definition) is 3. The van der Waals surface area contributed by atoms with E-state index in [1.54, 1.807) is 0 Å². The van der Waals surface area contributed by atoms with Gasteiger partial charge in [0.2, 0.25) is 0 Å². The van der Waals surface area contributed by atoms with Crippen LogP contribution in [0, 0.1) is 16.7 Å². The van der Waals surface area contributed by atoms with Gasteiger partial charge in [-0.1, -0.05) is 19.3 Å². The molecule has 3 aliphatic rings. The van der Waals surface area contributed by atoms with E-state index in [2.05, 4.69) is 6.07 Å². The van der Waals surface area contributed by atoms with E-state index in [1.807, 2.05) is 0 Å². The van der Waals surface area contributed by atoms with Crippen LogP contribution in [0.3, 0.4) is 0 Å². The summed E-state index contributed by atoms with van der Waals surface area (Å²) in [7, 11) is 0. The Labute approximate surface area is 116 Å². The van der Waals surface area contributed by atoms with Gasteiger partial charge in [0.05, 0.1) is 23.2 Å². The van der Waals surface area contributed by atoms with Crippen molar-refractivity contribution in [1.82, 2.24) is 0 Å². The molecule has 1 spiro atoms.